The Kier molecular flexibility index (Phi) is 11.6. The number of hydrogen-bond donors (Lipinski definition) is 4. The van der Waals surface area contributed by atoms with E-state index in [9.17, 15) is 39.1 Å². The number of aromatic nitrogens is 2. The summed E-state index contributed by atoms with van der Waals surface area (Å²) in [7, 11) is 0. The molecule has 0 bridgehead atoms. The average molecular weight is 747 g/mol. The molecule has 0 aromatic carbocycles. The van der Waals surface area contributed by atoms with Crippen molar-refractivity contribution in [3.05, 3.63) is 40.4 Å². The molecule has 51 heavy (non-hydrogen) atoms. The number of carbonyl (C=O) groups excluding carboxylic acids is 5. The highest BCUT2D eigenvalue weighted by molar-refractivity contribution is 8.00. The maximum absolute atomic E-state index is 13.5. The fraction of sp³-hybridized carbons (Fsp3) is 0.516. The molecule has 0 unspecified atom stereocenters. The summed E-state index contributed by atoms with van der Waals surface area (Å²) in [5.74, 6) is -3.78. The van der Waals surface area contributed by atoms with E-state index in [0.717, 1.165) is 16.4 Å². The first-order valence-electron chi connectivity index (χ1n) is 16.2. The Morgan fingerprint density at radius 3 is 2.61 bits per heavy atom. The number of nitrogens with zero attached hydrogens (tertiary/aromatic N) is 6. The first-order valence-corrected chi connectivity index (χ1v) is 18.0. The maximum atomic E-state index is 13.5. The number of hydrogen-bond acceptors (Lipinski definition) is 15. The number of β-lactam (4-membered cyclic amide) rings is 1. The Bertz CT molecular complexity index is 1740. The van der Waals surface area contributed by atoms with Gasteiger partial charge in [-0.25, -0.2) is 14.4 Å². The molecule has 274 valence electrons. The van der Waals surface area contributed by atoms with E-state index in [1.54, 1.807) is 11.0 Å². The van der Waals surface area contributed by atoms with Crippen molar-refractivity contribution in [2.45, 2.75) is 57.5 Å². The topological polar surface area (TPSA) is 247 Å². The molecule has 0 aliphatic carbocycles. The number of aliphatic carboxylic acids is 1. The number of carboxylic acids is 1. The van der Waals surface area contributed by atoms with Crippen LogP contribution in [-0.4, -0.2) is 132 Å². The van der Waals surface area contributed by atoms with E-state index >= 15 is 0 Å². The van der Waals surface area contributed by atoms with Gasteiger partial charge in [-0.15, -0.1) is 11.8 Å². The van der Waals surface area contributed by atoms with Gasteiger partial charge in [0.1, 0.15) is 23.7 Å². The molecular formula is C31H38N8O10S2. The number of carbonyl (C=O) groups is 6. The van der Waals surface area contributed by atoms with Crippen LogP contribution in [0.1, 0.15) is 45.9 Å². The van der Waals surface area contributed by atoms with Gasteiger partial charge in [0.2, 0.25) is 17.4 Å². The Labute approximate surface area is 300 Å². The van der Waals surface area contributed by atoms with Gasteiger partial charge in [0, 0.05) is 42.5 Å². The molecular weight excluding hydrogens is 709 g/mol. The molecule has 0 spiro atoms. The normalized spacial score (nSPS) is 23.2. The number of likely N-dealkylation sites (tertiary alicyclic amines) is 2. The Morgan fingerprint density at radius 2 is 1.96 bits per heavy atom. The molecule has 5 N–H and O–H groups in total. The minimum Gasteiger partial charge on any atom is -0.477 e. The molecule has 4 aliphatic heterocycles. The van der Waals surface area contributed by atoms with Crippen molar-refractivity contribution in [1.29, 1.82) is 0 Å². The number of amides is 4. The van der Waals surface area contributed by atoms with E-state index < -0.39 is 47.0 Å². The zero-order chi connectivity index (χ0) is 37.0. The minimum atomic E-state index is -1.37. The molecule has 1 aromatic heterocycles. The standard InChI is InChI=1S/C31H38N8O10S2/c1-4-5-17(29(45)48-12-15(2)3)13-49-31(46)37-8-7-19(11-37)38-9-6-16(25(38)41)10-18-14-50-27-21(26(42)39(27)22(18)28(43)44)33-24(40)20(35-47)23-34-30(32)51-36-23/h5,10,15,19,21,27,47H,4,6-9,11-14H2,1-3H3,(H,33,40)(H,43,44)(H2,32,34,36)/t19-,21-,27-/m1/s1. The minimum absolute atomic E-state index is 0.0347. The monoisotopic (exact) mass is 746 g/mol. The van der Waals surface area contributed by atoms with Crippen LogP contribution in [0, 0.1) is 5.92 Å². The first-order chi connectivity index (χ1) is 24.3. The van der Waals surface area contributed by atoms with Crippen molar-refractivity contribution in [2.24, 2.45) is 11.1 Å². The number of fused-ring (bicyclic) bond motifs is 1. The number of anilines is 1. The van der Waals surface area contributed by atoms with Gasteiger partial charge in [-0.3, -0.25) is 19.3 Å². The van der Waals surface area contributed by atoms with Crippen molar-refractivity contribution in [2.75, 3.05) is 44.3 Å². The lowest BCUT2D eigenvalue weighted by Crippen LogP contribution is -2.71. The Morgan fingerprint density at radius 1 is 1.20 bits per heavy atom. The number of rotatable bonds is 12. The van der Waals surface area contributed by atoms with Gasteiger partial charge in [0.15, 0.2) is 5.13 Å². The van der Waals surface area contributed by atoms with Gasteiger partial charge in [-0.2, -0.15) is 9.36 Å². The van der Waals surface area contributed by atoms with E-state index in [-0.39, 0.29) is 71.2 Å². The molecule has 4 amide bonds. The van der Waals surface area contributed by atoms with Crippen LogP contribution in [0.15, 0.2) is 39.7 Å². The number of nitrogens with two attached hydrogens (primary N) is 1. The molecule has 0 radical (unpaired) electrons. The number of allylic oxidation sites excluding steroid dienone is 2. The second-order valence-corrected chi connectivity index (χ2v) is 14.3. The van der Waals surface area contributed by atoms with Crippen LogP contribution < -0.4 is 11.1 Å². The van der Waals surface area contributed by atoms with E-state index in [1.165, 1.54) is 22.7 Å². The first kappa shape index (κ1) is 37.3. The summed E-state index contributed by atoms with van der Waals surface area (Å²) in [5, 5.41) is 24.1. The van der Waals surface area contributed by atoms with Crippen LogP contribution >= 0.6 is 23.3 Å². The molecule has 0 saturated carbocycles. The van der Waals surface area contributed by atoms with E-state index in [4.69, 9.17) is 15.2 Å². The molecule has 5 rings (SSSR count). The van der Waals surface area contributed by atoms with Crippen LogP contribution in [-0.2, 0) is 33.4 Å². The van der Waals surface area contributed by atoms with E-state index in [0.29, 0.717) is 37.9 Å². The summed E-state index contributed by atoms with van der Waals surface area (Å²) in [6.07, 6.45) is 3.95. The largest absolute Gasteiger partial charge is 0.477 e. The summed E-state index contributed by atoms with van der Waals surface area (Å²) in [5.41, 5.74) is 5.58. The molecule has 3 fully saturated rings. The zero-order valence-corrected chi connectivity index (χ0v) is 29.7. The predicted octanol–water partition coefficient (Wildman–Crippen LogP) is 0.942. The van der Waals surface area contributed by atoms with Gasteiger partial charge in [-0.1, -0.05) is 32.0 Å². The van der Waals surface area contributed by atoms with Crippen molar-refractivity contribution in [3.8, 4) is 0 Å². The third-order valence-electron chi connectivity index (χ3n) is 8.44. The van der Waals surface area contributed by atoms with E-state index in [2.05, 4.69) is 19.8 Å². The highest BCUT2D eigenvalue weighted by Crippen LogP contribution is 2.41. The van der Waals surface area contributed by atoms with Gasteiger partial charge in [0.05, 0.1) is 18.2 Å². The number of nitrogen functional groups attached to an aromatic ring is 1. The molecule has 3 saturated heterocycles. The smallest absolute Gasteiger partial charge is 0.410 e. The summed E-state index contributed by atoms with van der Waals surface area (Å²) in [6, 6.07) is -1.41. The molecule has 1 aromatic rings. The second-order valence-electron chi connectivity index (χ2n) is 12.4. The quantitative estimate of drug-likeness (QED) is 0.0581. The van der Waals surface area contributed by atoms with E-state index in [1.807, 2.05) is 20.8 Å². The summed E-state index contributed by atoms with van der Waals surface area (Å²) in [6.45, 7) is 6.65. The van der Waals surface area contributed by atoms with Crippen LogP contribution in [0.25, 0.3) is 0 Å². The van der Waals surface area contributed by atoms with Crippen molar-refractivity contribution < 1.29 is 48.6 Å². The molecule has 5 heterocycles. The summed E-state index contributed by atoms with van der Waals surface area (Å²) < 4.78 is 14.5. The van der Waals surface area contributed by atoms with Gasteiger partial charge in [0.25, 0.3) is 11.8 Å². The average Bonchev–Trinajstić information content (AvgIpc) is 3.84. The second kappa shape index (κ2) is 15.9. The number of thioether (sulfide) groups is 1. The Hall–Kier alpha value is -4.98. The number of esters is 1. The Balaban J connectivity index is 1.19. The van der Waals surface area contributed by atoms with Crippen molar-refractivity contribution in [1.82, 2.24) is 29.4 Å². The van der Waals surface area contributed by atoms with Crippen LogP contribution in [0.5, 0.6) is 0 Å². The van der Waals surface area contributed by atoms with Gasteiger partial charge < -0.3 is 40.6 Å². The summed E-state index contributed by atoms with van der Waals surface area (Å²) in [4.78, 5) is 85.1. The number of oxime groups is 1. The number of nitrogens with one attached hydrogen (secondary N) is 1. The third kappa shape index (κ3) is 8.01. The molecule has 3 atom stereocenters. The highest BCUT2D eigenvalue weighted by atomic mass is 32.2. The fourth-order valence-corrected chi connectivity index (χ4v) is 7.73. The molecule has 20 heteroatoms. The van der Waals surface area contributed by atoms with Crippen molar-refractivity contribution in [3.63, 3.8) is 0 Å². The SMILES string of the molecule is CCC=C(COC(=O)N1CC[C@@H](N2CCC(=CC3=C(C(=O)O)N4C(=O)[C@@H](NC(=O)C(=NO)c5nsc(N)n5)[C@H]4SC3)C2=O)C1)C(=O)OCC(C)C. The van der Waals surface area contributed by atoms with Crippen LogP contribution in [0.3, 0.4) is 0 Å². The van der Waals surface area contributed by atoms with Gasteiger partial charge in [-0.05, 0) is 36.8 Å². The summed E-state index contributed by atoms with van der Waals surface area (Å²) >= 11 is 1.98. The third-order valence-corrected chi connectivity index (χ3v) is 10.3. The van der Waals surface area contributed by atoms with Crippen LogP contribution in [0.2, 0.25) is 0 Å². The lowest BCUT2D eigenvalue weighted by atomic mass is 10.0. The lowest BCUT2D eigenvalue weighted by Gasteiger charge is -2.49. The molecule has 18 nitrogen and oxygen atoms in total. The number of ether oxygens (including phenoxy) is 2. The zero-order valence-electron chi connectivity index (χ0n) is 28.1. The maximum Gasteiger partial charge on any atom is 0.410 e. The lowest BCUT2D eigenvalue weighted by molar-refractivity contribution is -0.150. The van der Waals surface area contributed by atoms with Gasteiger partial charge >= 0.3 is 18.0 Å². The predicted molar refractivity (Wildman–Crippen MR) is 182 cm³/mol. The molecule has 4 aliphatic rings. The number of carboxylic acid groups (broad SMARTS) is 1. The van der Waals surface area contributed by atoms with Crippen LogP contribution in [0.4, 0.5) is 9.93 Å². The highest BCUT2D eigenvalue weighted by Gasteiger charge is 2.54. The fourth-order valence-electron chi connectivity index (χ4n) is 5.99. The van der Waals surface area contributed by atoms with Crippen molar-refractivity contribution >= 4 is 69.9 Å².